The number of likely N-dealkylation sites (tertiary alicyclic amines) is 1. The molecule has 5 heteroatoms. The van der Waals surface area contributed by atoms with Crippen molar-refractivity contribution in [2.45, 2.75) is 38.3 Å². The maximum absolute atomic E-state index is 12.2. The summed E-state index contributed by atoms with van der Waals surface area (Å²) in [6.45, 7) is 3.19. The van der Waals surface area contributed by atoms with Crippen molar-refractivity contribution in [3.05, 3.63) is 60.2 Å². The number of pyridine rings is 2. The number of carbonyl (C=O) groups excluding carboxylic acids is 1. The van der Waals surface area contributed by atoms with E-state index in [4.69, 9.17) is 0 Å². The van der Waals surface area contributed by atoms with E-state index >= 15 is 0 Å². The number of hydrogen-bond acceptors (Lipinski definition) is 4. The predicted octanol–water partition coefficient (Wildman–Crippen LogP) is 2.65. The molecule has 0 bridgehead atoms. The fraction of sp³-hybridized carbons (Fsp3) is 0.450. The van der Waals surface area contributed by atoms with Gasteiger partial charge in [-0.15, -0.1) is 0 Å². The molecule has 2 aliphatic rings. The lowest BCUT2D eigenvalue weighted by Gasteiger charge is -2.52. The van der Waals surface area contributed by atoms with Gasteiger partial charge in [0.05, 0.1) is 11.3 Å². The van der Waals surface area contributed by atoms with E-state index in [-0.39, 0.29) is 5.91 Å². The molecule has 0 aromatic carbocycles. The largest absolute Gasteiger partial charge is 0.349 e. The molecule has 2 aromatic heterocycles. The zero-order valence-electron chi connectivity index (χ0n) is 14.4. The molecule has 25 heavy (non-hydrogen) atoms. The molecule has 4 rings (SSSR count). The van der Waals surface area contributed by atoms with Gasteiger partial charge in [-0.2, -0.15) is 0 Å². The van der Waals surface area contributed by atoms with E-state index in [1.165, 1.54) is 12.8 Å². The Morgan fingerprint density at radius 2 is 2.00 bits per heavy atom. The topological polar surface area (TPSA) is 58.1 Å². The Hall–Kier alpha value is -2.27. The maximum atomic E-state index is 12.2. The van der Waals surface area contributed by atoms with Crippen LogP contribution in [0.15, 0.2) is 48.9 Å². The van der Waals surface area contributed by atoms with Gasteiger partial charge in [0.15, 0.2) is 0 Å². The van der Waals surface area contributed by atoms with Crippen LogP contribution in [0.5, 0.6) is 0 Å². The van der Waals surface area contributed by atoms with Crippen LogP contribution in [-0.2, 0) is 6.54 Å². The Balaban J connectivity index is 1.23. The molecule has 1 spiro atoms. The normalized spacial score (nSPS) is 20.2. The maximum Gasteiger partial charge on any atom is 0.253 e. The zero-order chi connectivity index (χ0) is 17.1. The van der Waals surface area contributed by atoms with Gasteiger partial charge in [-0.25, -0.2) is 0 Å². The number of nitrogens with one attached hydrogen (secondary N) is 1. The molecule has 0 radical (unpaired) electrons. The fourth-order valence-electron chi connectivity index (χ4n) is 4.17. The van der Waals surface area contributed by atoms with E-state index in [1.54, 1.807) is 18.5 Å². The van der Waals surface area contributed by atoms with Crippen LogP contribution >= 0.6 is 0 Å². The summed E-state index contributed by atoms with van der Waals surface area (Å²) in [7, 11) is 0. The lowest BCUT2D eigenvalue weighted by molar-refractivity contribution is 0.00436. The summed E-state index contributed by atoms with van der Waals surface area (Å²) >= 11 is 0. The number of aromatic nitrogens is 2. The highest BCUT2D eigenvalue weighted by molar-refractivity contribution is 5.94. The Morgan fingerprint density at radius 3 is 2.68 bits per heavy atom. The molecule has 1 aliphatic carbocycles. The SMILES string of the molecule is O=C(NC1CC2(CCN(Cc3ccccn3)CC2)C1)c1cccnc1. The molecule has 2 aromatic rings. The Morgan fingerprint density at radius 1 is 1.16 bits per heavy atom. The molecule has 1 aliphatic heterocycles. The van der Waals surface area contributed by atoms with E-state index in [1.807, 2.05) is 18.3 Å². The fourth-order valence-corrected chi connectivity index (χ4v) is 4.17. The highest BCUT2D eigenvalue weighted by Gasteiger charge is 2.46. The van der Waals surface area contributed by atoms with Crippen LogP contribution in [0.1, 0.15) is 41.7 Å². The molecule has 0 atom stereocenters. The van der Waals surface area contributed by atoms with Crippen molar-refractivity contribution < 1.29 is 4.79 Å². The van der Waals surface area contributed by atoms with Gasteiger partial charge in [-0.1, -0.05) is 6.07 Å². The van der Waals surface area contributed by atoms with Crippen molar-refractivity contribution in [1.29, 1.82) is 0 Å². The lowest BCUT2D eigenvalue weighted by atomic mass is 9.60. The van der Waals surface area contributed by atoms with Crippen molar-refractivity contribution in [3.8, 4) is 0 Å². The van der Waals surface area contributed by atoms with E-state index in [0.29, 0.717) is 17.0 Å². The van der Waals surface area contributed by atoms with Crippen LogP contribution in [0.25, 0.3) is 0 Å². The molecule has 1 saturated carbocycles. The van der Waals surface area contributed by atoms with Gasteiger partial charge in [-0.05, 0) is 68.5 Å². The van der Waals surface area contributed by atoms with Crippen LogP contribution in [-0.4, -0.2) is 39.9 Å². The van der Waals surface area contributed by atoms with Gasteiger partial charge < -0.3 is 5.32 Å². The van der Waals surface area contributed by atoms with Crippen LogP contribution < -0.4 is 5.32 Å². The van der Waals surface area contributed by atoms with E-state index < -0.39 is 0 Å². The van der Waals surface area contributed by atoms with Gasteiger partial charge in [0.25, 0.3) is 5.91 Å². The summed E-state index contributed by atoms with van der Waals surface area (Å²) in [5, 5.41) is 3.15. The predicted molar refractivity (Wildman–Crippen MR) is 95.9 cm³/mol. The third-order valence-corrected chi connectivity index (χ3v) is 5.65. The van der Waals surface area contributed by atoms with Crippen LogP contribution in [0.2, 0.25) is 0 Å². The number of carbonyl (C=O) groups is 1. The minimum absolute atomic E-state index is 0.000498. The molecule has 130 valence electrons. The summed E-state index contributed by atoms with van der Waals surface area (Å²) in [5.41, 5.74) is 2.23. The first kappa shape index (κ1) is 16.2. The first-order valence-corrected chi connectivity index (χ1v) is 9.06. The molecular weight excluding hydrogens is 312 g/mol. The average Bonchev–Trinajstić information content (AvgIpc) is 2.63. The summed E-state index contributed by atoms with van der Waals surface area (Å²) in [6, 6.07) is 10.0. The number of amides is 1. The van der Waals surface area contributed by atoms with Crippen LogP contribution in [0.3, 0.4) is 0 Å². The standard InChI is InChI=1S/C20H24N4O/c25-19(16-4-3-8-21-14-16)23-18-12-20(13-18)6-10-24(11-7-20)15-17-5-1-2-9-22-17/h1-5,8-9,14,18H,6-7,10-13,15H2,(H,23,25). The molecule has 0 unspecified atom stereocenters. The molecule has 5 nitrogen and oxygen atoms in total. The highest BCUT2D eigenvalue weighted by Crippen LogP contribution is 2.49. The van der Waals surface area contributed by atoms with Crippen LogP contribution in [0, 0.1) is 5.41 Å². The minimum atomic E-state index is 0.000498. The minimum Gasteiger partial charge on any atom is -0.349 e. The number of piperidine rings is 1. The van der Waals surface area contributed by atoms with E-state index in [9.17, 15) is 4.79 Å². The van der Waals surface area contributed by atoms with Gasteiger partial charge in [0, 0.05) is 31.2 Å². The first-order chi connectivity index (χ1) is 12.2. The van der Waals surface area contributed by atoms with E-state index in [0.717, 1.165) is 38.2 Å². The van der Waals surface area contributed by atoms with Crippen molar-refractivity contribution >= 4 is 5.91 Å². The molecular formula is C20H24N4O. The molecule has 3 heterocycles. The van der Waals surface area contributed by atoms with Gasteiger partial charge in [-0.3, -0.25) is 19.7 Å². The first-order valence-electron chi connectivity index (χ1n) is 9.06. The van der Waals surface area contributed by atoms with E-state index in [2.05, 4.69) is 32.3 Å². The third kappa shape index (κ3) is 3.71. The monoisotopic (exact) mass is 336 g/mol. The van der Waals surface area contributed by atoms with Gasteiger partial charge >= 0.3 is 0 Å². The highest BCUT2D eigenvalue weighted by atomic mass is 16.1. The third-order valence-electron chi connectivity index (χ3n) is 5.65. The second kappa shape index (κ2) is 6.92. The molecule has 1 amide bonds. The number of rotatable bonds is 4. The van der Waals surface area contributed by atoms with Gasteiger partial charge in [0.2, 0.25) is 0 Å². The van der Waals surface area contributed by atoms with Crippen molar-refractivity contribution in [1.82, 2.24) is 20.2 Å². The summed E-state index contributed by atoms with van der Waals surface area (Å²) in [5.74, 6) is 0.000498. The lowest BCUT2D eigenvalue weighted by Crippen LogP contribution is -2.54. The van der Waals surface area contributed by atoms with Crippen molar-refractivity contribution in [2.75, 3.05) is 13.1 Å². The van der Waals surface area contributed by atoms with Crippen molar-refractivity contribution in [2.24, 2.45) is 5.41 Å². The Bertz CT molecular complexity index is 703. The summed E-state index contributed by atoms with van der Waals surface area (Å²) < 4.78 is 0. The average molecular weight is 336 g/mol. The number of hydrogen-bond donors (Lipinski definition) is 1. The quantitative estimate of drug-likeness (QED) is 0.932. The summed E-state index contributed by atoms with van der Waals surface area (Å²) in [4.78, 5) is 23.1. The second-order valence-corrected chi connectivity index (χ2v) is 7.42. The second-order valence-electron chi connectivity index (χ2n) is 7.42. The molecule has 2 fully saturated rings. The smallest absolute Gasteiger partial charge is 0.253 e. The number of nitrogens with zero attached hydrogens (tertiary/aromatic N) is 3. The zero-order valence-corrected chi connectivity index (χ0v) is 14.4. The van der Waals surface area contributed by atoms with Gasteiger partial charge in [0.1, 0.15) is 0 Å². The Kier molecular flexibility index (Phi) is 4.49. The van der Waals surface area contributed by atoms with Crippen LogP contribution in [0.4, 0.5) is 0 Å². The molecule has 1 saturated heterocycles. The molecule has 1 N–H and O–H groups in total. The summed E-state index contributed by atoms with van der Waals surface area (Å²) in [6.07, 6.45) is 9.83. The Labute approximate surface area is 148 Å². The van der Waals surface area contributed by atoms with Crippen molar-refractivity contribution in [3.63, 3.8) is 0 Å².